The van der Waals surface area contributed by atoms with Crippen molar-refractivity contribution in [1.82, 2.24) is 19.6 Å². The fraction of sp³-hybridized carbons (Fsp3) is 0.923. The second kappa shape index (κ2) is 18.0. The molecule has 5 fully saturated rings. The second-order valence-electron chi connectivity index (χ2n) is 26.3. The summed E-state index contributed by atoms with van der Waals surface area (Å²) in [6, 6.07) is 0. The van der Waals surface area contributed by atoms with E-state index in [0.29, 0.717) is 77.0 Å². The third-order valence-corrected chi connectivity index (χ3v) is 18.1. The SMILES string of the molecule is CN1C(C)(C)CC(C(=O)OC(OC(=O)C2CC(C)(C)N(C)C(C)(C)C2)C2CCC(C(OC(=O)C3CC(C)(C)N(C)C(C)(C)C3)OC(=O)C3CC(C)(C)N(C)C(C)(C)C3)CC2)CC1(C)C. The van der Waals surface area contributed by atoms with Gasteiger partial charge in [-0.3, -0.25) is 38.8 Å². The first-order valence-corrected chi connectivity index (χ1v) is 24.7. The van der Waals surface area contributed by atoms with Crippen molar-refractivity contribution >= 4 is 23.9 Å². The summed E-state index contributed by atoms with van der Waals surface area (Å²) in [4.78, 5) is 66.6. The third kappa shape index (κ3) is 11.2. The minimum atomic E-state index is -1.06. The molecule has 0 aromatic rings. The molecule has 368 valence electrons. The Hall–Kier alpha value is -2.28. The Morgan fingerprint density at radius 2 is 0.469 bits per heavy atom. The quantitative estimate of drug-likeness (QED) is 0.154. The zero-order valence-electron chi connectivity index (χ0n) is 44.2. The van der Waals surface area contributed by atoms with Crippen LogP contribution in [-0.4, -0.2) is 129 Å². The number of ether oxygens (including phenoxy) is 4. The number of carbonyl (C=O) groups is 4. The minimum Gasteiger partial charge on any atom is -0.425 e. The molecule has 0 amide bonds. The van der Waals surface area contributed by atoms with Crippen LogP contribution in [0.3, 0.4) is 0 Å². The zero-order chi connectivity index (χ0) is 48.6. The maximum atomic E-state index is 14.3. The Kier molecular flexibility index (Phi) is 14.8. The molecule has 1 aliphatic carbocycles. The molecule has 5 aliphatic rings. The van der Waals surface area contributed by atoms with Crippen molar-refractivity contribution in [2.75, 3.05) is 28.2 Å². The molecule has 5 rings (SSSR count). The highest BCUT2D eigenvalue weighted by Gasteiger charge is 2.52. The van der Waals surface area contributed by atoms with Crippen LogP contribution in [-0.2, 0) is 38.1 Å². The van der Waals surface area contributed by atoms with Gasteiger partial charge in [0.2, 0.25) is 12.6 Å². The van der Waals surface area contributed by atoms with Crippen molar-refractivity contribution in [3.8, 4) is 0 Å². The van der Waals surface area contributed by atoms with Gasteiger partial charge in [-0.15, -0.1) is 0 Å². The maximum absolute atomic E-state index is 14.3. The number of hydrogen-bond donors (Lipinski definition) is 0. The molecule has 0 radical (unpaired) electrons. The average molecular weight is 901 g/mol. The van der Waals surface area contributed by atoms with E-state index in [1.165, 1.54) is 0 Å². The molecule has 4 aliphatic heterocycles. The van der Waals surface area contributed by atoms with E-state index in [9.17, 15) is 19.2 Å². The van der Waals surface area contributed by atoms with E-state index in [1.807, 2.05) is 0 Å². The average Bonchev–Trinajstić information content (AvgIpc) is 3.15. The van der Waals surface area contributed by atoms with Gasteiger partial charge in [-0.2, -0.15) is 0 Å². The van der Waals surface area contributed by atoms with Crippen molar-refractivity contribution in [2.45, 2.75) is 245 Å². The lowest BCUT2D eigenvalue weighted by Gasteiger charge is -2.53. The fourth-order valence-corrected chi connectivity index (χ4v) is 13.1. The van der Waals surface area contributed by atoms with E-state index in [0.717, 1.165) is 0 Å². The van der Waals surface area contributed by atoms with Crippen LogP contribution in [0.15, 0.2) is 0 Å². The molecular formula is C52H92N4O8. The summed E-state index contributed by atoms with van der Waals surface area (Å²) in [6.07, 6.45) is 5.09. The largest absolute Gasteiger partial charge is 0.425 e. The zero-order valence-corrected chi connectivity index (χ0v) is 44.2. The molecule has 0 aromatic carbocycles. The molecule has 12 heteroatoms. The number of piperidine rings is 4. The first kappa shape index (κ1) is 52.7. The highest BCUT2D eigenvalue weighted by atomic mass is 16.7. The number of esters is 4. The molecule has 64 heavy (non-hydrogen) atoms. The van der Waals surface area contributed by atoms with E-state index in [1.54, 1.807) is 0 Å². The van der Waals surface area contributed by atoms with Gasteiger partial charge in [0.15, 0.2) is 0 Å². The smallest absolute Gasteiger partial charge is 0.312 e. The van der Waals surface area contributed by atoms with E-state index < -0.39 is 12.6 Å². The van der Waals surface area contributed by atoms with Crippen molar-refractivity contribution < 1.29 is 38.1 Å². The van der Waals surface area contributed by atoms with Crippen molar-refractivity contribution in [2.24, 2.45) is 35.5 Å². The summed E-state index contributed by atoms with van der Waals surface area (Å²) in [5.41, 5.74) is -1.87. The summed E-state index contributed by atoms with van der Waals surface area (Å²) >= 11 is 0. The maximum Gasteiger partial charge on any atom is 0.312 e. The number of hydrogen-bond acceptors (Lipinski definition) is 12. The second-order valence-corrected chi connectivity index (χ2v) is 26.3. The topological polar surface area (TPSA) is 118 Å². The van der Waals surface area contributed by atoms with Crippen LogP contribution in [0.2, 0.25) is 0 Å². The van der Waals surface area contributed by atoms with Crippen molar-refractivity contribution in [3.05, 3.63) is 0 Å². The summed E-state index contributed by atoms with van der Waals surface area (Å²) in [6.45, 7) is 34.6. The standard InChI is InChI=1S/C52H92N4O8/c1-45(2)25-35(26-46(3,4)53(45)17)39(57)61-43(62-40(58)36-27-47(5,6)54(18)48(7,8)28-36)33-21-23-34(24-22-33)44(63-41(59)37-29-49(9,10)55(19)50(11,12)30-37)64-42(60)38-31-51(13,14)56(20)52(15,16)32-38/h33-38,43-44H,21-32H2,1-20H3. The van der Waals surface area contributed by atoms with Gasteiger partial charge in [-0.1, -0.05) is 0 Å². The summed E-state index contributed by atoms with van der Waals surface area (Å²) in [5, 5.41) is 0. The molecule has 0 N–H and O–H groups in total. The highest BCUT2D eigenvalue weighted by molar-refractivity contribution is 5.76. The van der Waals surface area contributed by atoms with Crippen molar-refractivity contribution in [1.29, 1.82) is 0 Å². The van der Waals surface area contributed by atoms with E-state index >= 15 is 0 Å². The third-order valence-electron chi connectivity index (χ3n) is 18.1. The normalized spacial score (nSPS) is 30.2. The molecule has 0 spiro atoms. The number of carbonyl (C=O) groups excluding carboxylic acids is 4. The van der Waals surface area contributed by atoms with Gasteiger partial charge in [-0.25, -0.2) is 0 Å². The fourth-order valence-electron chi connectivity index (χ4n) is 13.1. The minimum absolute atomic E-state index is 0.233. The summed E-state index contributed by atoms with van der Waals surface area (Å²) in [7, 11) is 8.45. The predicted octanol–water partition coefficient (Wildman–Crippen LogP) is 9.21. The molecule has 1 saturated carbocycles. The lowest BCUT2D eigenvalue weighted by atomic mass is 9.74. The molecule has 0 unspecified atom stereocenters. The van der Waals surface area contributed by atoms with Gasteiger partial charge in [0.25, 0.3) is 0 Å². The Morgan fingerprint density at radius 1 is 0.328 bits per heavy atom. The first-order chi connectivity index (χ1) is 28.9. The van der Waals surface area contributed by atoms with Crippen LogP contribution in [0, 0.1) is 35.5 Å². The number of nitrogens with zero attached hydrogens (tertiary/aromatic N) is 4. The van der Waals surface area contributed by atoms with Crippen LogP contribution in [0.5, 0.6) is 0 Å². The van der Waals surface area contributed by atoms with Crippen LogP contribution in [0.1, 0.15) is 188 Å². The van der Waals surface area contributed by atoms with E-state index in [2.05, 4.69) is 159 Å². The van der Waals surface area contributed by atoms with E-state index in [-0.39, 0.29) is 104 Å². The molecular weight excluding hydrogens is 809 g/mol. The van der Waals surface area contributed by atoms with Gasteiger partial charge in [0.1, 0.15) is 0 Å². The molecule has 4 saturated heterocycles. The first-order valence-electron chi connectivity index (χ1n) is 24.7. The molecule has 12 nitrogen and oxygen atoms in total. The summed E-state index contributed by atoms with van der Waals surface area (Å²) < 4.78 is 25.7. The van der Waals surface area contributed by atoms with Crippen LogP contribution >= 0.6 is 0 Å². The lowest BCUT2D eigenvalue weighted by Crippen LogP contribution is -2.60. The van der Waals surface area contributed by atoms with Crippen LogP contribution in [0.4, 0.5) is 0 Å². The molecule has 4 heterocycles. The van der Waals surface area contributed by atoms with Crippen LogP contribution < -0.4 is 0 Å². The molecule has 0 atom stereocenters. The Labute approximate surface area is 388 Å². The Balaban J connectivity index is 1.39. The number of rotatable bonds is 10. The molecule has 0 bridgehead atoms. The Bertz CT molecular complexity index is 1420. The van der Waals surface area contributed by atoms with Gasteiger partial charge in [0, 0.05) is 56.1 Å². The van der Waals surface area contributed by atoms with Gasteiger partial charge in [-0.05, 0) is 216 Å². The van der Waals surface area contributed by atoms with Crippen LogP contribution in [0.25, 0.3) is 0 Å². The van der Waals surface area contributed by atoms with Gasteiger partial charge in [0.05, 0.1) is 23.7 Å². The van der Waals surface area contributed by atoms with Crippen molar-refractivity contribution in [3.63, 3.8) is 0 Å². The monoisotopic (exact) mass is 901 g/mol. The van der Waals surface area contributed by atoms with E-state index in [4.69, 9.17) is 18.9 Å². The number of likely N-dealkylation sites (tertiary alicyclic amines) is 4. The van der Waals surface area contributed by atoms with Gasteiger partial charge >= 0.3 is 23.9 Å². The molecule has 0 aromatic heterocycles. The lowest BCUT2D eigenvalue weighted by molar-refractivity contribution is -0.221. The highest BCUT2D eigenvalue weighted by Crippen LogP contribution is 2.46. The summed E-state index contributed by atoms with van der Waals surface area (Å²) in [5.74, 6) is -3.28. The predicted molar refractivity (Wildman–Crippen MR) is 252 cm³/mol. The Morgan fingerprint density at radius 3 is 0.609 bits per heavy atom. The van der Waals surface area contributed by atoms with Gasteiger partial charge < -0.3 is 18.9 Å².